The van der Waals surface area contributed by atoms with Crippen LogP contribution in [0.1, 0.15) is 40.0 Å². The number of aliphatic carboxylic acids is 1. The molecule has 0 rings (SSSR count). The molecule has 0 saturated heterocycles. The molecule has 1 atom stereocenters. The summed E-state index contributed by atoms with van der Waals surface area (Å²) in [5, 5.41) is 8.62. The highest BCUT2D eigenvalue weighted by Gasteiger charge is 2.21. The third-order valence-corrected chi connectivity index (χ3v) is 3.61. The molecule has 0 aliphatic heterocycles. The van der Waals surface area contributed by atoms with E-state index in [0.29, 0.717) is 5.75 Å². The zero-order chi connectivity index (χ0) is 11.2. The molecule has 0 bridgehead atoms. The molecular weight excluding hydrogens is 198 g/mol. The van der Waals surface area contributed by atoms with E-state index in [-0.39, 0.29) is 4.75 Å². The van der Waals surface area contributed by atoms with E-state index in [2.05, 4.69) is 20.8 Å². The van der Waals surface area contributed by atoms with Crippen LogP contribution in [0.5, 0.6) is 0 Å². The molecule has 0 fully saturated rings. The number of thioether (sulfide) groups is 1. The second kappa shape index (κ2) is 6.30. The van der Waals surface area contributed by atoms with Crippen molar-refractivity contribution in [1.29, 1.82) is 0 Å². The molecule has 3 nitrogen and oxygen atoms in total. The molecule has 0 aliphatic carbocycles. The predicted molar refractivity (Wildman–Crippen MR) is 61.7 cm³/mol. The summed E-state index contributed by atoms with van der Waals surface area (Å²) in [7, 11) is 0. The van der Waals surface area contributed by atoms with Gasteiger partial charge in [0.25, 0.3) is 0 Å². The lowest BCUT2D eigenvalue weighted by Gasteiger charge is -2.24. The first-order valence-corrected chi connectivity index (χ1v) is 6.00. The minimum atomic E-state index is -0.913. The second-order valence-corrected chi connectivity index (χ2v) is 5.85. The molecule has 0 spiro atoms. The van der Waals surface area contributed by atoms with Gasteiger partial charge in [-0.25, -0.2) is 0 Å². The number of carbonyl (C=O) groups is 1. The summed E-state index contributed by atoms with van der Waals surface area (Å²) in [5.74, 6) is -0.421. The maximum atomic E-state index is 10.5. The summed E-state index contributed by atoms with van der Waals surface area (Å²) in [5.41, 5.74) is 5.43. The van der Waals surface area contributed by atoms with Gasteiger partial charge in [0.2, 0.25) is 0 Å². The van der Waals surface area contributed by atoms with E-state index in [9.17, 15) is 4.79 Å². The van der Waals surface area contributed by atoms with E-state index in [1.54, 1.807) is 11.8 Å². The van der Waals surface area contributed by atoms with E-state index < -0.39 is 12.0 Å². The first-order chi connectivity index (χ1) is 6.39. The van der Waals surface area contributed by atoms with Gasteiger partial charge in [0.05, 0.1) is 0 Å². The lowest BCUT2D eigenvalue weighted by atomic mass is 10.1. The van der Waals surface area contributed by atoms with Crippen LogP contribution < -0.4 is 5.73 Å². The standard InChI is InChI=1S/C10H21NO2S/c1-4-5-6-10(2,3)14-7-8(11)9(12)13/h8H,4-7,11H2,1-3H3,(H,12,13). The number of unbranched alkanes of at least 4 members (excludes halogenated alkanes) is 1. The van der Waals surface area contributed by atoms with Crippen molar-refractivity contribution in [1.82, 2.24) is 0 Å². The number of carboxylic acid groups (broad SMARTS) is 1. The van der Waals surface area contributed by atoms with E-state index in [4.69, 9.17) is 10.8 Å². The molecule has 14 heavy (non-hydrogen) atoms. The molecule has 0 aromatic heterocycles. The molecule has 0 amide bonds. The molecule has 0 radical (unpaired) electrons. The molecular formula is C10H21NO2S. The summed E-state index contributed by atoms with van der Waals surface area (Å²) >= 11 is 1.65. The Morgan fingerprint density at radius 1 is 1.57 bits per heavy atom. The lowest BCUT2D eigenvalue weighted by Crippen LogP contribution is -2.34. The van der Waals surface area contributed by atoms with Gasteiger partial charge in [-0.1, -0.05) is 33.6 Å². The van der Waals surface area contributed by atoms with Gasteiger partial charge in [-0.15, -0.1) is 0 Å². The van der Waals surface area contributed by atoms with Gasteiger partial charge in [-0.3, -0.25) is 4.79 Å². The largest absolute Gasteiger partial charge is 0.480 e. The quantitative estimate of drug-likeness (QED) is 0.688. The van der Waals surface area contributed by atoms with E-state index in [1.165, 1.54) is 12.8 Å². The van der Waals surface area contributed by atoms with E-state index in [0.717, 1.165) is 6.42 Å². The average molecular weight is 219 g/mol. The van der Waals surface area contributed by atoms with Crippen LogP contribution in [0, 0.1) is 0 Å². The molecule has 0 aromatic rings. The molecule has 0 aromatic carbocycles. The average Bonchev–Trinajstić information content (AvgIpc) is 2.11. The third kappa shape index (κ3) is 6.27. The van der Waals surface area contributed by atoms with E-state index >= 15 is 0 Å². The maximum absolute atomic E-state index is 10.5. The van der Waals surface area contributed by atoms with Crippen molar-refractivity contribution in [2.75, 3.05) is 5.75 Å². The van der Waals surface area contributed by atoms with Crippen molar-refractivity contribution in [3.8, 4) is 0 Å². The van der Waals surface area contributed by atoms with Gasteiger partial charge in [-0.2, -0.15) is 11.8 Å². The van der Waals surface area contributed by atoms with Crippen LogP contribution in [0.15, 0.2) is 0 Å². The van der Waals surface area contributed by atoms with Crippen molar-refractivity contribution < 1.29 is 9.90 Å². The first-order valence-electron chi connectivity index (χ1n) is 5.01. The maximum Gasteiger partial charge on any atom is 0.321 e. The Morgan fingerprint density at radius 3 is 2.57 bits per heavy atom. The minimum absolute atomic E-state index is 0.142. The fourth-order valence-electron chi connectivity index (χ4n) is 1.06. The van der Waals surface area contributed by atoms with Gasteiger partial charge < -0.3 is 10.8 Å². The third-order valence-electron chi connectivity index (χ3n) is 2.10. The van der Waals surface area contributed by atoms with Crippen LogP contribution in [0.3, 0.4) is 0 Å². The molecule has 3 N–H and O–H groups in total. The number of hydrogen-bond acceptors (Lipinski definition) is 3. The summed E-state index contributed by atoms with van der Waals surface area (Å²) < 4.78 is 0.142. The van der Waals surface area contributed by atoms with Gasteiger partial charge in [0, 0.05) is 10.5 Å². The highest BCUT2D eigenvalue weighted by Crippen LogP contribution is 2.30. The SMILES string of the molecule is CCCCC(C)(C)SCC(N)C(=O)O. The van der Waals surface area contributed by atoms with Gasteiger partial charge in [-0.05, 0) is 6.42 Å². The summed E-state index contributed by atoms with van der Waals surface area (Å²) in [6.07, 6.45) is 3.47. The van der Waals surface area contributed by atoms with Crippen LogP contribution in [0.25, 0.3) is 0 Å². The van der Waals surface area contributed by atoms with Crippen LogP contribution in [-0.4, -0.2) is 27.6 Å². The van der Waals surface area contributed by atoms with Crippen LogP contribution in [0.4, 0.5) is 0 Å². The molecule has 0 heterocycles. The highest BCUT2D eigenvalue weighted by molar-refractivity contribution is 8.00. The Kier molecular flexibility index (Phi) is 6.20. The fraction of sp³-hybridized carbons (Fsp3) is 0.900. The van der Waals surface area contributed by atoms with Crippen molar-refractivity contribution in [2.24, 2.45) is 5.73 Å². The Labute approximate surface area is 90.4 Å². The zero-order valence-corrected chi connectivity index (χ0v) is 10.1. The van der Waals surface area contributed by atoms with Gasteiger partial charge in [0.15, 0.2) is 0 Å². The highest BCUT2D eigenvalue weighted by atomic mass is 32.2. The Bertz CT molecular complexity index is 183. The van der Waals surface area contributed by atoms with Gasteiger partial charge in [0.1, 0.15) is 6.04 Å². The van der Waals surface area contributed by atoms with Crippen molar-refractivity contribution in [2.45, 2.75) is 50.8 Å². The van der Waals surface area contributed by atoms with Crippen LogP contribution >= 0.6 is 11.8 Å². The smallest absolute Gasteiger partial charge is 0.321 e. The van der Waals surface area contributed by atoms with Crippen molar-refractivity contribution in [3.05, 3.63) is 0 Å². The first kappa shape index (κ1) is 13.8. The fourth-order valence-corrected chi connectivity index (χ4v) is 2.12. The predicted octanol–water partition coefficient (Wildman–Crippen LogP) is 2.10. The monoisotopic (exact) mass is 219 g/mol. The summed E-state index contributed by atoms with van der Waals surface area (Å²) in [6.45, 7) is 6.44. The lowest BCUT2D eigenvalue weighted by molar-refractivity contribution is -0.137. The molecule has 84 valence electrons. The topological polar surface area (TPSA) is 63.3 Å². The molecule has 0 saturated carbocycles. The summed E-state index contributed by atoms with van der Waals surface area (Å²) in [6, 6.07) is -0.735. The number of carboxylic acids is 1. The minimum Gasteiger partial charge on any atom is -0.480 e. The van der Waals surface area contributed by atoms with Gasteiger partial charge >= 0.3 is 5.97 Å². The van der Waals surface area contributed by atoms with Crippen molar-refractivity contribution >= 4 is 17.7 Å². The van der Waals surface area contributed by atoms with Crippen molar-refractivity contribution in [3.63, 3.8) is 0 Å². The second-order valence-electron chi connectivity index (χ2n) is 4.12. The normalized spacial score (nSPS) is 14.0. The Balaban J connectivity index is 3.80. The Morgan fingerprint density at radius 2 is 2.14 bits per heavy atom. The summed E-state index contributed by atoms with van der Waals surface area (Å²) in [4.78, 5) is 10.5. The number of nitrogens with two attached hydrogens (primary N) is 1. The molecule has 1 unspecified atom stereocenters. The molecule has 0 aliphatic rings. The molecule has 4 heteroatoms. The Hall–Kier alpha value is -0.220. The number of rotatable bonds is 7. The zero-order valence-electron chi connectivity index (χ0n) is 9.25. The van der Waals surface area contributed by atoms with Crippen LogP contribution in [-0.2, 0) is 4.79 Å². The number of hydrogen-bond donors (Lipinski definition) is 2. The van der Waals surface area contributed by atoms with Crippen LogP contribution in [0.2, 0.25) is 0 Å². The van der Waals surface area contributed by atoms with E-state index in [1.807, 2.05) is 0 Å².